The first kappa shape index (κ1) is 30.4. The molecule has 2 heterocycles. The first-order valence-corrected chi connectivity index (χ1v) is 15.4. The van der Waals surface area contributed by atoms with Gasteiger partial charge in [-0.25, -0.2) is 0 Å². The summed E-state index contributed by atoms with van der Waals surface area (Å²) in [6.07, 6.45) is 2.65. The van der Waals surface area contributed by atoms with E-state index in [0.717, 1.165) is 23.3 Å². The molecule has 8 nitrogen and oxygen atoms in total. The van der Waals surface area contributed by atoms with Crippen molar-refractivity contribution >= 4 is 51.4 Å². The van der Waals surface area contributed by atoms with Crippen molar-refractivity contribution in [3.05, 3.63) is 93.5 Å². The topological polar surface area (TPSA) is 96.6 Å². The molecule has 1 N–H and O–H groups in total. The van der Waals surface area contributed by atoms with Crippen molar-refractivity contribution < 1.29 is 19.0 Å². The van der Waals surface area contributed by atoms with Gasteiger partial charge in [0.15, 0.2) is 17.3 Å². The van der Waals surface area contributed by atoms with Crippen molar-refractivity contribution in [2.45, 2.75) is 40.0 Å². The molecule has 3 aromatic carbocycles. The predicted molar refractivity (Wildman–Crippen MR) is 174 cm³/mol. The summed E-state index contributed by atoms with van der Waals surface area (Å²) in [5.41, 5.74) is 3.98. The number of aryl methyl sites for hydroxylation is 1. The summed E-state index contributed by atoms with van der Waals surface area (Å²) in [5.74, 6) is 1.50. The van der Waals surface area contributed by atoms with Gasteiger partial charge in [0, 0.05) is 5.56 Å². The monoisotopic (exact) mass is 616 g/mol. The number of ether oxygens (including phenoxy) is 3. The van der Waals surface area contributed by atoms with E-state index in [0.29, 0.717) is 51.4 Å². The van der Waals surface area contributed by atoms with Gasteiger partial charge in [-0.3, -0.25) is 10.2 Å². The molecule has 1 amide bonds. The molecule has 2 aliphatic rings. The molecule has 0 radical (unpaired) electrons. The second-order valence-electron chi connectivity index (χ2n) is 10.1. The number of amides is 1. The molecule has 43 heavy (non-hydrogen) atoms. The van der Waals surface area contributed by atoms with Crippen LogP contribution in [-0.2, 0) is 4.79 Å². The molecular weight excluding hydrogens is 584 g/mol. The van der Waals surface area contributed by atoms with Crippen LogP contribution in [0.2, 0.25) is 5.02 Å². The number of fused-ring (bicyclic) bond motifs is 1. The van der Waals surface area contributed by atoms with Crippen molar-refractivity contribution in [2.24, 2.45) is 10.1 Å². The highest BCUT2D eigenvalue weighted by Crippen LogP contribution is 2.38. The van der Waals surface area contributed by atoms with Gasteiger partial charge in [-0.15, -0.1) is 0 Å². The minimum atomic E-state index is -0.521. The number of nitrogens with one attached hydrogen (secondary N) is 1. The van der Waals surface area contributed by atoms with Gasteiger partial charge in [-0.2, -0.15) is 15.1 Å². The second-order valence-corrected chi connectivity index (χ2v) is 11.5. The lowest BCUT2D eigenvalue weighted by Gasteiger charge is -2.20. The number of amidine groups is 2. The van der Waals surface area contributed by atoms with Crippen LogP contribution in [0.1, 0.15) is 55.4 Å². The second kappa shape index (κ2) is 13.5. The number of thioether (sulfide) groups is 1. The molecule has 0 bridgehead atoms. The lowest BCUT2D eigenvalue weighted by Crippen LogP contribution is -2.35. The Morgan fingerprint density at radius 1 is 1.02 bits per heavy atom. The molecule has 10 heteroatoms. The fraction of sp³-hybridized carbons (Fsp3) is 0.273. The molecule has 2 aliphatic heterocycles. The van der Waals surface area contributed by atoms with Gasteiger partial charge in [0.1, 0.15) is 24.0 Å². The van der Waals surface area contributed by atoms with Crippen LogP contribution in [0.25, 0.3) is 6.08 Å². The minimum absolute atomic E-state index is 0.0617. The van der Waals surface area contributed by atoms with Gasteiger partial charge in [0.2, 0.25) is 5.17 Å². The average molecular weight is 617 g/mol. The summed E-state index contributed by atoms with van der Waals surface area (Å²) in [7, 11) is 0. The van der Waals surface area contributed by atoms with Crippen LogP contribution in [0.5, 0.6) is 17.2 Å². The Kier molecular flexibility index (Phi) is 9.52. The lowest BCUT2D eigenvalue weighted by molar-refractivity contribution is -0.114. The summed E-state index contributed by atoms with van der Waals surface area (Å²) in [5, 5.41) is 16.0. The SMILES string of the molecule is CCOc1cc(/C=C2/C(=N)N3N=C(c4ccc(C)cc4)SC3=NC2=O)cc(Cl)c1OCCOc1ccc(C(C)CC)cc1. The zero-order chi connectivity index (χ0) is 30.5. The normalized spacial score (nSPS) is 16.1. The van der Waals surface area contributed by atoms with Gasteiger partial charge in [-0.1, -0.05) is 67.4 Å². The van der Waals surface area contributed by atoms with Gasteiger partial charge in [-0.05, 0) is 79.4 Å². The van der Waals surface area contributed by atoms with Crippen LogP contribution in [0.15, 0.2) is 76.3 Å². The Hall–Kier alpha value is -4.08. The molecule has 1 atom stereocenters. The quantitative estimate of drug-likeness (QED) is 0.175. The number of aliphatic imine (C=N–C) groups is 1. The van der Waals surface area contributed by atoms with E-state index in [-0.39, 0.29) is 18.0 Å². The third-order valence-electron chi connectivity index (χ3n) is 7.06. The summed E-state index contributed by atoms with van der Waals surface area (Å²) in [6.45, 7) is 9.21. The maximum atomic E-state index is 13.0. The van der Waals surface area contributed by atoms with Crippen LogP contribution < -0.4 is 14.2 Å². The van der Waals surface area contributed by atoms with E-state index in [9.17, 15) is 4.79 Å². The van der Waals surface area contributed by atoms with Crippen molar-refractivity contribution in [2.75, 3.05) is 19.8 Å². The molecule has 0 saturated heterocycles. The lowest BCUT2D eigenvalue weighted by atomic mass is 9.99. The molecule has 0 aliphatic carbocycles. The molecule has 0 saturated carbocycles. The number of carbonyl (C=O) groups is 1. The number of hydrazone groups is 1. The molecule has 3 aromatic rings. The van der Waals surface area contributed by atoms with Gasteiger partial charge >= 0.3 is 0 Å². The Balaban J connectivity index is 1.29. The van der Waals surface area contributed by atoms with Crippen LogP contribution in [0.3, 0.4) is 0 Å². The van der Waals surface area contributed by atoms with Gasteiger partial charge in [0.05, 0.1) is 17.2 Å². The Bertz CT molecular complexity index is 1620. The molecule has 222 valence electrons. The van der Waals surface area contributed by atoms with Gasteiger partial charge < -0.3 is 14.2 Å². The molecular formula is C33H33ClN4O4S. The van der Waals surface area contributed by atoms with E-state index in [1.807, 2.05) is 50.2 Å². The van der Waals surface area contributed by atoms with E-state index >= 15 is 0 Å². The first-order chi connectivity index (χ1) is 20.8. The maximum Gasteiger partial charge on any atom is 0.283 e. The first-order valence-electron chi connectivity index (χ1n) is 14.2. The zero-order valence-corrected chi connectivity index (χ0v) is 26.1. The molecule has 0 spiro atoms. The number of hydrogen-bond acceptors (Lipinski definition) is 7. The van der Waals surface area contributed by atoms with Crippen LogP contribution >= 0.6 is 23.4 Å². The number of carbonyl (C=O) groups excluding carboxylic acids is 1. The molecule has 0 aromatic heterocycles. The molecule has 5 rings (SSSR count). The van der Waals surface area contributed by atoms with E-state index in [4.69, 9.17) is 31.2 Å². The number of rotatable bonds is 11. The number of hydrogen-bond donors (Lipinski definition) is 1. The van der Waals surface area contributed by atoms with E-state index in [1.54, 1.807) is 18.2 Å². The number of halogens is 1. The highest BCUT2D eigenvalue weighted by atomic mass is 35.5. The van der Waals surface area contributed by atoms with E-state index in [2.05, 4.69) is 36.1 Å². The number of nitrogens with zero attached hydrogens (tertiary/aromatic N) is 3. The molecule has 1 unspecified atom stereocenters. The van der Waals surface area contributed by atoms with Gasteiger partial charge in [0.25, 0.3) is 5.91 Å². The standard InChI is InChI=1S/C33H33ClN4O4S/c1-5-21(4)23-11-13-25(14-12-23)41-15-16-42-29-27(34)18-22(19-28(29)40-6-2)17-26-30(35)38-33(36-31(26)39)43-32(37-38)24-9-7-20(3)8-10-24/h7-14,17-19,21,35H,5-6,15-16H2,1-4H3/b26-17-,35-30?. The zero-order valence-electron chi connectivity index (χ0n) is 24.5. The van der Waals surface area contributed by atoms with Crippen LogP contribution in [0.4, 0.5) is 0 Å². The fourth-order valence-corrected chi connectivity index (χ4v) is 5.65. The maximum absolute atomic E-state index is 13.0. The Morgan fingerprint density at radius 2 is 1.74 bits per heavy atom. The van der Waals surface area contributed by atoms with Crippen molar-refractivity contribution in [3.63, 3.8) is 0 Å². The average Bonchev–Trinajstić information content (AvgIpc) is 3.43. The van der Waals surface area contributed by atoms with Crippen molar-refractivity contribution in [3.8, 4) is 17.2 Å². The summed E-state index contributed by atoms with van der Waals surface area (Å²) >= 11 is 7.89. The third-order valence-corrected chi connectivity index (χ3v) is 8.29. The highest BCUT2D eigenvalue weighted by Gasteiger charge is 2.36. The van der Waals surface area contributed by atoms with Crippen molar-refractivity contribution in [1.82, 2.24) is 5.01 Å². The molecule has 0 fully saturated rings. The Morgan fingerprint density at radius 3 is 2.44 bits per heavy atom. The third kappa shape index (κ3) is 6.95. The Labute approximate surface area is 260 Å². The summed E-state index contributed by atoms with van der Waals surface area (Å²) in [4.78, 5) is 17.2. The predicted octanol–water partition coefficient (Wildman–Crippen LogP) is 7.69. The van der Waals surface area contributed by atoms with Crippen LogP contribution in [0, 0.1) is 12.3 Å². The number of benzene rings is 3. The summed E-state index contributed by atoms with van der Waals surface area (Å²) in [6, 6.07) is 19.4. The smallest absolute Gasteiger partial charge is 0.283 e. The largest absolute Gasteiger partial charge is 0.490 e. The fourth-order valence-electron chi connectivity index (χ4n) is 4.48. The minimum Gasteiger partial charge on any atom is -0.490 e. The summed E-state index contributed by atoms with van der Waals surface area (Å²) < 4.78 is 17.6. The van der Waals surface area contributed by atoms with E-state index in [1.165, 1.54) is 22.3 Å². The van der Waals surface area contributed by atoms with Crippen molar-refractivity contribution in [1.29, 1.82) is 5.41 Å². The van der Waals surface area contributed by atoms with E-state index < -0.39 is 5.91 Å². The van der Waals surface area contributed by atoms with Crippen LogP contribution in [-0.4, -0.2) is 46.8 Å². The highest BCUT2D eigenvalue weighted by molar-refractivity contribution is 8.27.